The van der Waals surface area contributed by atoms with Crippen LogP contribution in [0.2, 0.25) is 0 Å². The van der Waals surface area contributed by atoms with E-state index in [4.69, 9.17) is 0 Å². The van der Waals surface area contributed by atoms with Crippen molar-refractivity contribution >= 4 is 39.2 Å². The van der Waals surface area contributed by atoms with Crippen molar-refractivity contribution in [3.63, 3.8) is 0 Å². The van der Waals surface area contributed by atoms with Gasteiger partial charge in [0.25, 0.3) is 0 Å². The van der Waals surface area contributed by atoms with E-state index in [-0.39, 0.29) is 18.1 Å². The van der Waals surface area contributed by atoms with Gasteiger partial charge in [0.1, 0.15) is 6.54 Å². The predicted octanol–water partition coefficient (Wildman–Crippen LogP) is 3.61. The quantitative estimate of drug-likeness (QED) is 0.838. The number of halogens is 3. The Morgan fingerprint density at radius 2 is 1.92 bits per heavy atom. The summed E-state index contributed by atoms with van der Waals surface area (Å²) in [5, 5.41) is 2.71. The van der Waals surface area contributed by atoms with Crippen LogP contribution in [0.15, 0.2) is 46.9 Å². The Morgan fingerprint density at radius 1 is 1.12 bits per heavy atom. The Labute approximate surface area is 151 Å². The number of nitrogens with one attached hydrogen (secondary N) is 1. The van der Waals surface area contributed by atoms with Crippen LogP contribution in [0.1, 0.15) is 0 Å². The molecule has 2 aromatic carbocycles. The first kappa shape index (κ1) is 17.3. The molecule has 1 aliphatic heterocycles. The molecule has 8 heteroatoms. The van der Waals surface area contributed by atoms with E-state index >= 15 is 0 Å². The van der Waals surface area contributed by atoms with Crippen LogP contribution in [0.25, 0.3) is 0 Å². The summed E-state index contributed by atoms with van der Waals surface area (Å²) in [5.41, 5.74) is 0.877. The predicted molar refractivity (Wildman–Crippen MR) is 93.4 cm³/mol. The lowest BCUT2D eigenvalue weighted by atomic mass is 10.3. The Balaban J connectivity index is 1.63. The largest absolute Gasteiger partial charge is 0.325 e. The van der Waals surface area contributed by atoms with Gasteiger partial charge in [0.2, 0.25) is 5.91 Å². The summed E-state index contributed by atoms with van der Waals surface area (Å²) >= 11 is 3.31. The van der Waals surface area contributed by atoms with Gasteiger partial charge in [-0.25, -0.2) is 13.6 Å². The summed E-state index contributed by atoms with van der Waals surface area (Å²) in [6.45, 7) is 0.503. The summed E-state index contributed by atoms with van der Waals surface area (Å²) in [6.07, 6.45) is 0. The van der Waals surface area contributed by atoms with Crippen LogP contribution in [-0.4, -0.2) is 36.5 Å². The topological polar surface area (TPSA) is 52.7 Å². The molecule has 1 aliphatic rings. The zero-order valence-electron chi connectivity index (χ0n) is 13.0. The lowest BCUT2D eigenvalue weighted by Gasteiger charge is -2.18. The van der Waals surface area contributed by atoms with E-state index in [1.807, 2.05) is 6.07 Å². The molecule has 1 saturated heterocycles. The highest BCUT2D eigenvalue weighted by Gasteiger charge is 2.31. The number of carbonyl (C=O) groups is 2. The van der Waals surface area contributed by atoms with Gasteiger partial charge in [0, 0.05) is 35.0 Å². The first-order valence-corrected chi connectivity index (χ1v) is 8.30. The zero-order chi connectivity index (χ0) is 18.0. The van der Waals surface area contributed by atoms with Crippen LogP contribution in [0.4, 0.5) is 25.0 Å². The molecule has 1 fully saturated rings. The fourth-order valence-electron chi connectivity index (χ4n) is 2.56. The molecule has 3 amide bonds. The van der Waals surface area contributed by atoms with Crippen molar-refractivity contribution < 1.29 is 18.4 Å². The van der Waals surface area contributed by atoms with Crippen LogP contribution in [0, 0.1) is 11.6 Å². The first-order valence-electron chi connectivity index (χ1n) is 7.51. The lowest BCUT2D eigenvalue weighted by Crippen LogP contribution is -2.37. The molecule has 5 nitrogen and oxygen atoms in total. The van der Waals surface area contributed by atoms with Gasteiger partial charge in [-0.05, 0) is 30.3 Å². The second kappa shape index (κ2) is 7.18. The molecule has 0 spiro atoms. The Hall–Kier alpha value is -2.48. The number of nitrogens with zero attached hydrogens (tertiary/aromatic N) is 2. The zero-order valence-corrected chi connectivity index (χ0v) is 14.6. The van der Waals surface area contributed by atoms with Gasteiger partial charge in [-0.1, -0.05) is 22.0 Å². The third-order valence-corrected chi connectivity index (χ3v) is 4.25. The number of anilines is 2. The van der Waals surface area contributed by atoms with Gasteiger partial charge in [0.15, 0.2) is 11.6 Å². The molecule has 2 aromatic rings. The maximum Gasteiger partial charge on any atom is 0.325 e. The Bertz CT molecular complexity index is 831. The van der Waals surface area contributed by atoms with Crippen molar-refractivity contribution in [2.75, 3.05) is 29.9 Å². The van der Waals surface area contributed by atoms with Crippen LogP contribution in [0.3, 0.4) is 0 Å². The summed E-state index contributed by atoms with van der Waals surface area (Å²) in [5.74, 6) is -2.32. The van der Waals surface area contributed by atoms with Crippen molar-refractivity contribution in [2.24, 2.45) is 0 Å². The van der Waals surface area contributed by atoms with Crippen molar-refractivity contribution in [1.82, 2.24) is 4.90 Å². The molecule has 0 radical (unpaired) electrons. The summed E-state index contributed by atoms with van der Waals surface area (Å²) in [4.78, 5) is 27.2. The van der Waals surface area contributed by atoms with Gasteiger partial charge in [-0.3, -0.25) is 9.69 Å². The number of amides is 3. The van der Waals surface area contributed by atoms with E-state index in [1.165, 1.54) is 15.9 Å². The number of carbonyl (C=O) groups excluding carboxylic acids is 2. The highest BCUT2D eigenvalue weighted by atomic mass is 79.9. The minimum atomic E-state index is -1.02. The molecule has 0 saturated carbocycles. The maximum atomic E-state index is 13.3. The van der Waals surface area contributed by atoms with Crippen LogP contribution < -0.4 is 10.2 Å². The normalized spacial score (nSPS) is 14.1. The smallest absolute Gasteiger partial charge is 0.325 e. The highest BCUT2D eigenvalue weighted by Crippen LogP contribution is 2.22. The molecule has 0 bridgehead atoms. The van der Waals surface area contributed by atoms with Gasteiger partial charge in [0.05, 0.1) is 0 Å². The van der Waals surface area contributed by atoms with Crippen LogP contribution >= 0.6 is 15.9 Å². The Morgan fingerprint density at radius 3 is 2.64 bits per heavy atom. The monoisotopic (exact) mass is 409 g/mol. The van der Waals surface area contributed by atoms with Crippen LogP contribution in [0.5, 0.6) is 0 Å². The Kier molecular flexibility index (Phi) is 4.98. The van der Waals surface area contributed by atoms with Gasteiger partial charge in [-0.15, -0.1) is 0 Å². The van der Waals surface area contributed by atoms with Crippen LogP contribution in [-0.2, 0) is 4.79 Å². The minimum absolute atomic E-state index is 0.120. The standard InChI is InChI=1S/C17H14BrF2N3O2/c18-11-2-1-3-12(8-11)21-16(24)10-22-6-7-23(17(22)25)13-4-5-14(19)15(20)9-13/h1-5,8-9H,6-7,10H2,(H,21,24). The molecule has 0 atom stereocenters. The fourth-order valence-corrected chi connectivity index (χ4v) is 2.96. The van der Waals surface area contributed by atoms with E-state index in [0.29, 0.717) is 18.8 Å². The fraction of sp³-hybridized carbons (Fsp3) is 0.176. The van der Waals surface area contributed by atoms with Crippen molar-refractivity contribution in [2.45, 2.75) is 0 Å². The molecule has 25 heavy (non-hydrogen) atoms. The van der Waals surface area contributed by atoms with Crippen molar-refractivity contribution in [1.29, 1.82) is 0 Å². The first-order chi connectivity index (χ1) is 11.9. The van der Waals surface area contributed by atoms with Gasteiger partial charge < -0.3 is 10.2 Å². The number of hydrogen-bond acceptors (Lipinski definition) is 2. The molecule has 0 aromatic heterocycles. The lowest BCUT2D eigenvalue weighted by molar-refractivity contribution is -0.116. The van der Waals surface area contributed by atoms with E-state index < -0.39 is 17.7 Å². The van der Waals surface area contributed by atoms with Crippen molar-refractivity contribution in [3.05, 3.63) is 58.6 Å². The SMILES string of the molecule is O=C(CN1CCN(c2ccc(F)c(F)c2)C1=O)Nc1cccc(Br)c1. The number of hydrogen-bond donors (Lipinski definition) is 1. The molecular formula is C17H14BrF2N3O2. The molecule has 3 rings (SSSR count). The highest BCUT2D eigenvalue weighted by molar-refractivity contribution is 9.10. The summed E-state index contributed by atoms with van der Waals surface area (Å²) in [7, 11) is 0. The van der Waals surface area contributed by atoms with E-state index in [0.717, 1.165) is 16.6 Å². The molecule has 130 valence electrons. The summed E-state index contributed by atoms with van der Waals surface area (Å²) < 4.78 is 27.2. The molecule has 0 aliphatic carbocycles. The number of benzene rings is 2. The second-order valence-electron chi connectivity index (χ2n) is 5.51. The second-order valence-corrected chi connectivity index (χ2v) is 6.43. The van der Waals surface area contributed by atoms with E-state index in [1.54, 1.807) is 18.2 Å². The average Bonchev–Trinajstić information content (AvgIpc) is 2.91. The molecular weight excluding hydrogens is 396 g/mol. The van der Waals surface area contributed by atoms with E-state index in [9.17, 15) is 18.4 Å². The van der Waals surface area contributed by atoms with Gasteiger partial charge >= 0.3 is 6.03 Å². The summed E-state index contributed by atoms with van der Waals surface area (Å²) in [6, 6.07) is 9.96. The van der Waals surface area contributed by atoms with E-state index in [2.05, 4.69) is 21.2 Å². The molecule has 0 unspecified atom stereocenters. The maximum absolute atomic E-state index is 13.3. The number of urea groups is 1. The third kappa shape index (κ3) is 3.96. The number of rotatable bonds is 4. The van der Waals surface area contributed by atoms with Gasteiger partial charge in [-0.2, -0.15) is 0 Å². The molecule has 1 heterocycles. The molecule has 1 N–H and O–H groups in total. The average molecular weight is 410 g/mol. The van der Waals surface area contributed by atoms with Crippen molar-refractivity contribution in [3.8, 4) is 0 Å². The third-order valence-electron chi connectivity index (χ3n) is 3.75. The minimum Gasteiger partial charge on any atom is -0.325 e.